The van der Waals surface area contributed by atoms with Crippen LogP contribution in [0.2, 0.25) is 0 Å². The van der Waals surface area contributed by atoms with E-state index < -0.39 is 0 Å². The van der Waals surface area contributed by atoms with E-state index in [1.54, 1.807) is 0 Å². The van der Waals surface area contributed by atoms with E-state index in [2.05, 4.69) is 5.32 Å². The monoisotopic (exact) mass is 135 g/mol. The number of nitrogens with one attached hydrogen (secondary N) is 1. The molecule has 0 spiro atoms. The zero-order chi connectivity index (χ0) is 6.57. The van der Waals surface area contributed by atoms with Gasteiger partial charge in [-0.25, -0.2) is 0 Å². The zero-order valence-corrected chi connectivity index (χ0v) is 5.83. The number of rotatable bonds is 2. The summed E-state index contributed by atoms with van der Waals surface area (Å²) in [5, 5.41) is 2.62. The van der Waals surface area contributed by atoms with Crippen molar-refractivity contribution in [2.45, 2.75) is 19.9 Å². The van der Waals surface area contributed by atoms with Crippen molar-refractivity contribution in [3.8, 4) is 0 Å². The number of carbonyl (C=O) groups excluding carboxylic acids is 1. The third-order valence-electron chi connectivity index (χ3n) is 0.681. The van der Waals surface area contributed by atoms with Gasteiger partial charge in [-0.15, -0.1) is 11.6 Å². The Morgan fingerprint density at radius 1 is 1.88 bits per heavy atom. The lowest BCUT2D eigenvalue weighted by Gasteiger charge is -2.05. The van der Waals surface area contributed by atoms with Gasteiger partial charge in [0.1, 0.15) is 0 Å². The Morgan fingerprint density at radius 3 is 2.50 bits per heavy atom. The Labute approximate surface area is 54.2 Å². The summed E-state index contributed by atoms with van der Waals surface area (Å²) in [5.74, 6) is 0.442. The lowest BCUT2D eigenvalue weighted by molar-refractivity contribution is -0.119. The van der Waals surface area contributed by atoms with Gasteiger partial charge in [0.2, 0.25) is 5.91 Å². The first kappa shape index (κ1) is 7.76. The maximum atomic E-state index is 10.2. The van der Waals surface area contributed by atoms with E-state index in [1.807, 2.05) is 6.92 Å². The Bertz CT molecular complexity index is 84.5. The average molecular weight is 136 g/mol. The highest BCUT2D eigenvalue weighted by atomic mass is 35.5. The van der Waals surface area contributed by atoms with Crippen molar-refractivity contribution in [3.05, 3.63) is 0 Å². The molecule has 0 rings (SSSR count). The van der Waals surface area contributed by atoms with Crippen LogP contribution in [-0.2, 0) is 4.79 Å². The quantitative estimate of drug-likeness (QED) is 0.557. The van der Waals surface area contributed by atoms with E-state index in [9.17, 15) is 4.79 Å². The summed E-state index contributed by atoms with van der Waals surface area (Å²) in [6.07, 6.45) is 0. The van der Waals surface area contributed by atoms with E-state index in [-0.39, 0.29) is 11.9 Å². The summed E-state index contributed by atoms with van der Waals surface area (Å²) in [4.78, 5) is 10.2. The van der Waals surface area contributed by atoms with Gasteiger partial charge in [-0.3, -0.25) is 4.79 Å². The SMILES string of the molecule is CC(=O)N[C@H](C)CCl. The molecule has 0 radical (unpaired) electrons. The van der Waals surface area contributed by atoms with Crippen LogP contribution in [0.25, 0.3) is 0 Å². The molecule has 0 heterocycles. The molecule has 0 unspecified atom stereocenters. The number of amides is 1. The zero-order valence-electron chi connectivity index (χ0n) is 5.07. The number of hydrogen-bond donors (Lipinski definition) is 1. The van der Waals surface area contributed by atoms with Crippen molar-refractivity contribution in [2.75, 3.05) is 5.88 Å². The second-order valence-electron chi connectivity index (χ2n) is 1.76. The second kappa shape index (κ2) is 3.72. The Hall–Kier alpha value is -0.240. The van der Waals surface area contributed by atoms with Crippen LogP contribution in [0.1, 0.15) is 13.8 Å². The minimum atomic E-state index is -0.0295. The third-order valence-corrected chi connectivity index (χ3v) is 1.14. The fourth-order valence-corrected chi connectivity index (χ4v) is 0.463. The van der Waals surface area contributed by atoms with Crippen LogP contribution >= 0.6 is 11.6 Å². The number of carbonyl (C=O) groups is 1. The normalized spacial score (nSPS) is 12.9. The molecule has 1 atom stereocenters. The minimum absolute atomic E-state index is 0.0295. The Balaban J connectivity index is 3.24. The van der Waals surface area contributed by atoms with Crippen molar-refractivity contribution < 1.29 is 4.79 Å². The summed E-state index contributed by atoms with van der Waals surface area (Å²) in [5.41, 5.74) is 0. The van der Waals surface area contributed by atoms with Crippen molar-refractivity contribution in [1.29, 1.82) is 0 Å². The summed E-state index contributed by atoms with van der Waals surface area (Å²) in [6.45, 7) is 3.33. The van der Waals surface area contributed by atoms with Gasteiger partial charge in [0.15, 0.2) is 0 Å². The lowest BCUT2D eigenvalue weighted by Crippen LogP contribution is -2.31. The fraction of sp³-hybridized carbons (Fsp3) is 0.800. The predicted octanol–water partition coefficient (Wildman–Crippen LogP) is 0.750. The molecule has 0 aromatic rings. The largest absolute Gasteiger partial charge is 0.353 e. The Morgan fingerprint density at radius 2 is 2.38 bits per heavy atom. The molecule has 0 aromatic carbocycles. The molecule has 1 amide bonds. The maximum absolute atomic E-state index is 10.2. The van der Waals surface area contributed by atoms with Gasteiger partial charge >= 0.3 is 0 Å². The van der Waals surface area contributed by atoms with E-state index in [1.165, 1.54) is 6.92 Å². The topological polar surface area (TPSA) is 29.1 Å². The van der Waals surface area contributed by atoms with Gasteiger partial charge in [0, 0.05) is 18.8 Å². The molecular weight excluding hydrogens is 126 g/mol. The fourth-order valence-electron chi connectivity index (χ4n) is 0.386. The third kappa shape index (κ3) is 3.93. The summed E-state index contributed by atoms with van der Waals surface area (Å²) in [6, 6.07) is 0.0918. The first-order valence-electron chi connectivity index (χ1n) is 2.50. The molecule has 0 aliphatic heterocycles. The summed E-state index contributed by atoms with van der Waals surface area (Å²) >= 11 is 5.38. The number of halogens is 1. The second-order valence-corrected chi connectivity index (χ2v) is 2.06. The minimum Gasteiger partial charge on any atom is -0.353 e. The summed E-state index contributed by atoms with van der Waals surface area (Å²) in [7, 11) is 0. The molecule has 0 aromatic heterocycles. The molecule has 48 valence electrons. The van der Waals surface area contributed by atoms with Gasteiger partial charge < -0.3 is 5.32 Å². The highest BCUT2D eigenvalue weighted by Gasteiger charge is 1.97. The van der Waals surface area contributed by atoms with Crippen LogP contribution in [-0.4, -0.2) is 17.8 Å². The van der Waals surface area contributed by atoms with Gasteiger partial charge in [-0.1, -0.05) is 0 Å². The van der Waals surface area contributed by atoms with Crippen LogP contribution in [0.4, 0.5) is 0 Å². The molecule has 0 fully saturated rings. The molecule has 8 heavy (non-hydrogen) atoms. The van der Waals surface area contributed by atoms with Crippen molar-refractivity contribution in [2.24, 2.45) is 0 Å². The number of alkyl halides is 1. The molecule has 1 N–H and O–H groups in total. The smallest absolute Gasteiger partial charge is 0.217 e. The molecule has 3 heteroatoms. The Kier molecular flexibility index (Phi) is 3.61. The van der Waals surface area contributed by atoms with E-state index >= 15 is 0 Å². The summed E-state index contributed by atoms with van der Waals surface area (Å²) < 4.78 is 0. The first-order chi connectivity index (χ1) is 3.66. The highest BCUT2D eigenvalue weighted by molar-refractivity contribution is 6.18. The molecule has 2 nitrogen and oxygen atoms in total. The molecule has 0 saturated heterocycles. The van der Waals surface area contributed by atoms with Gasteiger partial charge in [0.05, 0.1) is 0 Å². The van der Waals surface area contributed by atoms with Crippen LogP contribution in [0.15, 0.2) is 0 Å². The number of hydrogen-bond acceptors (Lipinski definition) is 1. The average Bonchev–Trinajstić information content (AvgIpc) is 1.65. The van der Waals surface area contributed by atoms with Crippen molar-refractivity contribution >= 4 is 17.5 Å². The predicted molar refractivity (Wildman–Crippen MR) is 34.0 cm³/mol. The molecule has 0 bridgehead atoms. The highest BCUT2D eigenvalue weighted by Crippen LogP contribution is 1.83. The first-order valence-corrected chi connectivity index (χ1v) is 3.03. The molecule has 0 aliphatic carbocycles. The van der Waals surface area contributed by atoms with Gasteiger partial charge in [-0.2, -0.15) is 0 Å². The van der Waals surface area contributed by atoms with Gasteiger partial charge in [-0.05, 0) is 6.92 Å². The van der Waals surface area contributed by atoms with Crippen molar-refractivity contribution in [3.63, 3.8) is 0 Å². The van der Waals surface area contributed by atoms with Crippen molar-refractivity contribution in [1.82, 2.24) is 5.32 Å². The van der Waals surface area contributed by atoms with E-state index in [0.717, 1.165) is 0 Å². The molecular formula is C5H10ClNO. The van der Waals surface area contributed by atoms with Crippen LogP contribution in [0.5, 0.6) is 0 Å². The van der Waals surface area contributed by atoms with E-state index in [4.69, 9.17) is 11.6 Å². The lowest BCUT2D eigenvalue weighted by atomic mass is 10.4. The standard InChI is InChI=1S/C5H10ClNO/c1-4(3-6)7-5(2)8/h4H,3H2,1-2H3,(H,7,8)/t4-/m1/s1. The van der Waals surface area contributed by atoms with Gasteiger partial charge in [0.25, 0.3) is 0 Å². The maximum Gasteiger partial charge on any atom is 0.217 e. The molecule has 0 aliphatic rings. The van der Waals surface area contributed by atoms with Crippen LogP contribution in [0, 0.1) is 0 Å². The van der Waals surface area contributed by atoms with Crippen LogP contribution < -0.4 is 5.32 Å². The van der Waals surface area contributed by atoms with Crippen LogP contribution in [0.3, 0.4) is 0 Å². The van der Waals surface area contributed by atoms with E-state index in [0.29, 0.717) is 5.88 Å². The molecule has 0 saturated carbocycles.